The number of methoxy groups -OCH3 is 1. The molecule has 0 unspecified atom stereocenters. The van der Waals surface area contributed by atoms with Gasteiger partial charge in [0.2, 0.25) is 0 Å². The van der Waals surface area contributed by atoms with Crippen molar-refractivity contribution in [3.05, 3.63) is 70.2 Å². The number of halogens is 1. The second-order valence-electron chi connectivity index (χ2n) is 5.62. The Balaban J connectivity index is 1.57. The molecule has 130 valence electrons. The molecule has 0 bridgehead atoms. The number of benzene rings is 2. The van der Waals surface area contributed by atoms with Crippen LogP contribution in [0.3, 0.4) is 0 Å². The van der Waals surface area contributed by atoms with Gasteiger partial charge in [-0.05, 0) is 42.8 Å². The predicted molar refractivity (Wildman–Crippen MR) is 105 cm³/mol. The standard InChI is InChI=1S/C19H20ClN3OS/c1-13(17-5-3-4-6-18(17)20)21-11-15-12-25-19(23-15)22-14-7-9-16(24-2)10-8-14/h3-10,12-13,21H,11H2,1-2H3,(H,22,23)/t13-/m1/s1. The topological polar surface area (TPSA) is 46.2 Å². The highest BCUT2D eigenvalue weighted by Crippen LogP contribution is 2.25. The van der Waals surface area contributed by atoms with Gasteiger partial charge in [0.25, 0.3) is 0 Å². The van der Waals surface area contributed by atoms with Crippen molar-refractivity contribution in [1.29, 1.82) is 0 Å². The van der Waals surface area contributed by atoms with E-state index in [2.05, 4.69) is 27.9 Å². The molecular formula is C19H20ClN3OS. The van der Waals surface area contributed by atoms with Crippen molar-refractivity contribution in [2.45, 2.75) is 19.5 Å². The van der Waals surface area contributed by atoms with E-state index in [4.69, 9.17) is 16.3 Å². The molecule has 0 radical (unpaired) electrons. The van der Waals surface area contributed by atoms with Crippen molar-refractivity contribution in [2.24, 2.45) is 0 Å². The Morgan fingerprint density at radius 1 is 1.16 bits per heavy atom. The highest BCUT2D eigenvalue weighted by atomic mass is 35.5. The van der Waals surface area contributed by atoms with Crippen molar-refractivity contribution < 1.29 is 4.74 Å². The minimum absolute atomic E-state index is 0.161. The lowest BCUT2D eigenvalue weighted by molar-refractivity contribution is 0.415. The van der Waals surface area contributed by atoms with Crippen LogP contribution in [-0.4, -0.2) is 12.1 Å². The molecule has 3 rings (SSSR count). The second-order valence-corrected chi connectivity index (χ2v) is 6.89. The molecule has 0 amide bonds. The SMILES string of the molecule is COc1ccc(Nc2nc(CN[C@H](C)c3ccccc3Cl)cs2)cc1. The molecule has 25 heavy (non-hydrogen) atoms. The maximum absolute atomic E-state index is 6.24. The zero-order valence-electron chi connectivity index (χ0n) is 14.1. The van der Waals surface area contributed by atoms with Crippen LogP contribution in [-0.2, 0) is 6.54 Å². The number of thiazole rings is 1. The Morgan fingerprint density at radius 2 is 1.92 bits per heavy atom. The molecule has 0 saturated heterocycles. The molecule has 0 spiro atoms. The number of nitrogens with one attached hydrogen (secondary N) is 2. The van der Waals surface area contributed by atoms with Crippen LogP contribution < -0.4 is 15.4 Å². The van der Waals surface area contributed by atoms with Gasteiger partial charge in [-0.15, -0.1) is 11.3 Å². The Bertz CT molecular complexity index is 820. The summed E-state index contributed by atoms with van der Waals surface area (Å²) in [5, 5.41) is 10.5. The van der Waals surface area contributed by atoms with Crippen LogP contribution in [0.15, 0.2) is 53.9 Å². The third-order valence-electron chi connectivity index (χ3n) is 3.85. The molecule has 2 N–H and O–H groups in total. The number of aromatic nitrogens is 1. The summed E-state index contributed by atoms with van der Waals surface area (Å²) in [4.78, 5) is 4.62. The fourth-order valence-corrected chi connectivity index (χ4v) is 3.47. The Labute approximate surface area is 156 Å². The first-order valence-corrected chi connectivity index (χ1v) is 9.25. The average Bonchev–Trinajstić information content (AvgIpc) is 3.08. The van der Waals surface area contributed by atoms with Crippen molar-refractivity contribution in [3.63, 3.8) is 0 Å². The number of hydrogen-bond acceptors (Lipinski definition) is 5. The van der Waals surface area contributed by atoms with Gasteiger partial charge in [0.15, 0.2) is 5.13 Å². The van der Waals surface area contributed by atoms with Crippen molar-refractivity contribution in [2.75, 3.05) is 12.4 Å². The molecule has 6 heteroatoms. The number of hydrogen-bond donors (Lipinski definition) is 2. The van der Waals surface area contributed by atoms with Crippen LogP contribution in [0.5, 0.6) is 5.75 Å². The summed E-state index contributed by atoms with van der Waals surface area (Å²) in [6.45, 7) is 2.79. The van der Waals surface area contributed by atoms with Crippen LogP contribution in [0.2, 0.25) is 5.02 Å². The molecule has 0 saturated carbocycles. The summed E-state index contributed by atoms with van der Waals surface area (Å²) in [6.07, 6.45) is 0. The Morgan fingerprint density at radius 3 is 2.64 bits per heavy atom. The van der Waals surface area contributed by atoms with E-state index in [-0.39, 0.29) is 6.04 Å². The van der Waals surface area contributed by atoms with Gasteiger partial charge in [0.1, 0.15) is 5.75 Å². The van der Waals surface area contributed by atoms with Crippen LogP contribution in [0.4, 0.5) is 10.8 Å². The first kappa shape index (κ1) is 17.7. The number of anilines is 2. The third kappa shape index (κ3) is 4.72. The highest BCUT2D eigenvalue weighted by molar-refractivity contribution is 7.13. The number of rotatable bonds is 7. The highest BCUT2D eigenvalue weighted by Gasteiger charge is 2.10. The molecule has 0 aliphatic carbocycles. The van der Waals surface area contributed by atoms with Crippen molar-refractivity contribution in [3.8, 4) is 5.75 Å². The van der Waals surface area contributed by atoms with E-state index < -0.39 is 0 Å². The van der Waals surface area contributed by atoms with Gasteiger partial charge >= 0.3 is 0 Å². The molecule has 0 aliphatic heterocycles. The predicted octanol–water partition coefficient (Wildman–Crippen LogP) is 5.40. The minimum atomic E-state index is 0.161. The molecule has 0 aliphatic rings. The zero-order chi connectivity index (χ0) is 17.6. The summed E-state index contributed by atoms with van der Waals surface area (Å²) in [6, 6.07) is 15.8. The fraction of sp³-hybridized carbons (Fsp3) is 0.211. The van der Waals surface area contributed by atoms with E-state index in [0.717, 1.165) is 32.8 Å². The van der Waals surface area contributed by atoms with Crippen LogP contribution in [0.25, 0.3) is 0 Å². The second kappa shape index (κ2) is 8.34. The summed E-state index contributed by atoms with van der Waals surface area (Å²) < 4.78 is 5.16. The molecule has 1 aromatic heterocycles. The van der Waals surface area contributed by atoms with Gasteiger partial charge in [-0.25, -0.2) is 4.98 Å². The summed E-state index contributed by atoms with van der Waals surface area (Å²) in [7, 11) is 1.66. The van der Waals surface area contributed by atoms with Gasteiger partial charge in [-0.2, -0.15) is 0 Å². The third-order valence-corrected chi connectivity index (χ3v) is 5.00. The lowest BCUT2D eigenvalue weighted by Gasteiger charge is -2.14. The first-order valence-electron chi connectivity index (χ1n) is 7.99. The largest absolute Gasteiger partial charge is 0.497 e. The molecule has 1 atom stereocenters. The molecule has 0 fully saturated rings. The maximum Gasteiger partial charge on any atom is 0.187 e. The van der Waals surface area contributed by atoms with E-state index in [1.165, 1.54) is 0 Å². The first-order chi connectivity index (χ1) is 12.2. The smallest absolute Gasteiger partial charge is 0.187 e. The van der Waals surface area contributed by atoms with E-state index in [1.807, 2.05) is 48.5 Å². The average molecular weight is 374 g/mol. The van der Waals surface area contributed by atoms with Gasteiger partial charge in [0.05, 0.1) is 12.8 Å². The monoisotopic (exact) mass is 373 g/mol. The normalized spacial score (nSPS) is 12.0. The van der Waals surface area contributed by atoms with Crippen LogP contribution >= 0.6 is 22.9 Å². The number of ether oxygens (including phenoxy) is 1. The summed E-state index contributed by atoms with van der Waals surface area (Å²) >= 11 is 7.83. The zero-order valence-corrected chi connectivity index (χ0v) is 15.7. The van der Waals surface area contributed by atoms with Crippen LogP contribution in [0, 0.1) is 0 Å². The minimum Gasteiger partial charge on any atom is -0.497 e. The Hall–Kier alpha value is -2.08. The molecule has 3 aromatic rings. The molecule has 2 aromatic carbocycles. The summed E-state index contributed by atoms with van der Waals surface area (Å²) in [5.74, 6) is 0.836. The maximum atomic E-state index is 6.24. The van der Waals surface area contributed by atoms with E-state index in [9.17, 15) is 0 Å². The van der Waals surface area contributed by atoms with Crippen LogP contribution in [0.1, 0.15) is 24.2 Å². The fourth-order valence-electron chi connectivity index (χ4n) is 2.44. The van der Waals surface area contributed by atoms with Crippen molar-refractivity contribution >= 4 is 33.8 Å². The molecular weight excluding hydrogens is 354 g/mol. The van der Waals surface area contributed by atoms with Crippen molar-refractivity contribution in [1.82, 2.24) is 10.3 Å². The molecule has 4 nitrogen and oxygen atoms in total. The Kier molecular flexibility index (Phi) is 5.91. The van der Waals surface area contributed by atoms with Gasteiger partial charge in [0, 0.05) is 28.7 Å². The summed E-state index contributed by atoms with van der Waals surface area (Å²) in [5.41, 5.74) is 3.08. The van der Waals surface area contributed by atoms with E-state index >= 15 is 0 Å². The quantitative estimate of drug-likeness (QED) is 0.582. The lowest BCUT2D eigenvalue weighted by Crippen LogP contribution is -2.18. The van der Waals surface area contributed by atoms with Gasteiger partial charge < -0.3 is 15.4 Å². The van der Waals surface area contributed by atoms with E-state index in [1.54, 1.807) is 18.4 Å². The lowest BCUT2D eigenvalue weighted by atomic mass is 10.1. The van der Waals surface area contributed by atoms with E-state index in [0.29, 0.717) is 6.54 Å². The molecule has 1 heterocycles. The van der Waals surface area contributed by atoms with Gasteiger partial charge in [-0.1, -0.05) is 29.8 Å². The van der Waals surface area contributed by atoms with Gasteiger partial charge in [-0.3, -0.25) is 0 Å². The number of nitrogens with zero attached hydrogens (tertiary/aromatic N) is 1.